The molecule has 1 aromatic rings. The molecule has 17 heavy (non-hydrogen) atoms. The summed E-state index contributed by atoms with van der Waals surface area (Å²) in [5.41, 5.74) is -0.122. The van der Waals surface area contributed by atoms with Gasteiger partial charge in [0.1, 0.15) is 18.5 Å². The van der Waals surface area contributed by atoms with Gasteiger partial charge in [-0.15, -0.1) is 0 Å². The van der Waals surface area contributed by atoms with Crippen molar-refractivity contribution in [2.45, 2.75) is 13.0 Å². The van der Waals surface area contributed by atoms with Crippen LogP contribution in [0.5, 0.6) is 0 Å². The molecule has 0 spiro atoms. The molecule has 1 aromatic carbocycles. The molecule has 5 heteroatoms. The molecule has 1 rings (SSSR count). The van der Waals surface area contributed by atoms with Gasteiger partial charge in [-0.25, -0.2) is 9.18 Å². The van der Waals surface area contributed by atoms with Crippen LogP contribution in [0.3, 0.4) is 0 Å². The molecule has 0 aliphatic heterocycles. The van der Waals surface area contributed by atoms with E-state index in [1.54, 1.807) is 6.07 Å². The van der Waals surface area contributed by atoms with Crippen molar-refractivity contribution in [3.63, 3.8) is 0 Å². The fourth-order valence-electron chi connectivity index (χ4n) is 1.25. The molecule has 0 amide bonds. The van der Waals surface area contributed by atoms with Crippen LogP contribution in [0.25, 0.3) is 0 Å². The largest absolute Gasteiger partial charge is 0.459 e. The van der Waals surface area contributed by atoms with Crippen molar-refractivity contribution in [2.24, 2.45) is 0 Å². The van der Waals surface area contributed by atoms with Gasteiger partial charge in [0.25, 0.3) is 0 Å². The van der Waals surface area contributed by atoms with Crippen molar-refractivity contribution >= 4 is 5.97 Å². The lowest BCUT2D eigenvalue weighted by Crippen LogP contribution is -2.31. The van der Waals surface area contributed by atoms with Crippen molar-refractivity contribution in [1.29, 1.82) is 0 Å². The zero-order valence-electron chi connectivity index (χ0n) is 9.65. The molecule has 0 heterocycles. The summed E-state index contributed by atoms with van der Waals surface area (Å²) in [6, 6.07) is 5.57. The summed E-state index contributed by atoms with van der Waals surface area (Å²) in [6.45, 7) is 2.80. The molecule has 0 fully saturated rings. The Kier molecular flexibility index (Phi) is 5.59. The number of carbonyl (C=O) groups is 1. The van der Waals surface area contributed by atoms with Crippen molar-refractivity contribution in [3.8, 4) is 0 Å². The Balaban J connectivity index is 2.42. The standard InChI is InChI=1S/C12H16FNO3/c1-2-14-7-9(15)8-17-12(16)10-5-3-4-6-11(10)13/h3-6,9,14-15H,2,7-8H2,1H3. The molecule has 0 saturated carbocycles. The molecular weight excluding hydrogens is 225 g/mol. The second-order valence-electron chi connectivity index (χ2n) is 3.54. The summed E-state index contributed by atoms with van der Waals surface area (Å²) in [7, 11) is 0. The van der Waals surface area contributed by atoms with Crippen LogP contribution in [0, 0.1) is 5.82 Å². The van der Waals surface area contributed by atoms with Crippen LogP contribution in [0.15, 0.2) is 24.3 Å². The molecule has 2 N–H and O–H groups in total. The van der Waals surface area contributed by atoms with E-state index in [9.17, 15) is 14.3 Å². The molecule has 94 valence electrons. The second kappa shape index (κ2) is 6.98. The summed E-state index contributed by atoms with van der Waals surface area (Å²) in [5, 5.41) is 12.3. The number of nitrogens with one attached hydrogen (secondary N) is 1. The third-order valence-electron chi connectivity index (χ3n) is 2.13. The lowest BCUT2D eigenvalue weighted by molar-refractivity contribution is 0.0256. The molecule has 1 atom stereocenters. The molecule has 1 unspecified atom stereocenters. The Morgan fingerprint density at radius 3 is 2.88 bits per heavy atom. The first-order valence-electron chi connectivity index (χ1n) is 5.45. The van der Waals surface area contributed by atoms with Gasteiger partial charge < -0.3 is 15.2 Å². The molecular formula is C12H16FNO3. The van der Waals surface area contributed by atoms with Gasteiger partial charge in [-0.2, -0.15) is 0 Å². The average Bonchev–Trinajstić information content (AvgIpc) is 2.34. The normalized spacial score (nSPS) is 12.2. The lowest BCUT2D eigenvalue weighted by atomic mass is 10.2. The highest BCUT2D eigenvalue weighted by Gasteiger charge is 2.14. The molecule has 0 radical (unpaired) electrons. The minimum absolute atomic E-state index is 0.122. The van der Waals surface area contributed by atoms with Crippen LogP contribution in [0.4, 0.5) is 4.39 Å². The quantitative estimate of drug-likeness (QED) is 0.728. The monoisotopic (exact) mass is 241 g/mol. The van der Waals surface area contributed by atoms with Gasteiger partial charge in [-0.3, -0.25) is 0 Å². The first-order chi connectivity index (χ1) is 8.15. The Morgan fingerprint density at radius 2 is 2.24 bits per heavy atom. The average molecular weight is 241 g/mol. The van der Waals surface area contributed by atoms with E-state index in [1.165, 1.54) is 18.2 Å². The van der Waals surface area contributed by atoms with E-state index in [4.69, 9.17) is 4.74 Å². The SMILES string of the molecule is CCNCC(O)COC(=O)c1ccccc1F. The smallest absolute Gasteiger partial charge is 0.341 e. The first kappa shape index (κ1) is 13.6. The van der Waals surface area contributed by atoms with Gasteiger partial charge in [0, 0.05) is 6.54 Å². The summed E-state index contributed by atoms with van der Waals surface area (Å²) in [4.78, 5) is 11.5. The fraction of sp³-hybridized carbons (Fsp3) is 0.417. The molecule has 4 nitrogen and oxygen atoms in total. The molecule has 0 bridgehead atoms. The van der Waals surface area contributed by atoms with Crippen molar-refractivity contribution in [1.82, 2.24) is 5.32 Å². The number of esters is 1. The number of benzene rings is 1. The van der Waals surface area contributed by atoms with E-state index in [0.29, 0.717) is 6.54 Å². The molecule has 0 saturated heterocycles. The Morgan fingerprint density at radius 1 is 1.53 bits per heavy atom. The predicted octanol–water partition coefficient (Wildman–Crippen LogP) is 0.953. The lowest BCUT2D eigenvalue weighted by Gasteiger charge is -2.11. The van der Waals surface area contributed by atoms with Gasteiger partial charge in [-0.1, -0.05) is 19.1 Å². The number of rotatable bonds is 6. The van der Waals surface area contributed by atoms with Crippen LogP contribution in [0.1, 0.15) is 17.3 Å². The van der Waals surface area contributed by atoms with Crippen molar-refractivity contribution < 1.29 is 19.0 Å². The van der Waals surface area contributed by atoms with E-state index in [0.717, 1.165) is 6.54 Å². The molecule has 0 aliphatic rings. The predicted molar refractivity (Wildman–Crippen MR) is 61.2 cm³/mol. The van der Waals surface area contributed by atoms with Gasteiger partial charge >= 0.3 is 5.97 Å². The third-order valence-corrected chi connectivity index (χ3v) is 2.13. The molecule has 0 aliphatic carbocycles. The van der Waals surface area contributed by atoms with Crippen LogP contribution in [-0.2, 0) is 4.74 Å². The number of aliphatic hydroxyl groups excluding tert-OH is 1. The Labute approximate surface area is 99.4 Å². The van der Waals surface area contributed by atoms with Gasteiger partial charge in [-0.05, 0) is 18.7 Å². The van der Waals surface area contributed by atoms with E-state index < -0.39 is 17.9 Å². The number of hydrogen-bond donors (Lipinski definition) is 2. The van der Waals surface area contributed by atoms with Gasteiger partial charge in [0.2, 0.25) is 0 Å². The van der Waals surface area contributed by atoms with Gasteiger partial charge in [0.05, 0.1) is 5.56 Å². The number of hydrogen-bond acceptors (Lipinski definition) is 4. The van der Waals surface area contributed by atoms with E-state index in [2.05, 4.69) is 5.32 Å². The number of ether oxygens (including phenoxy) is 1. The Bertz CT molecular complexity index is 371. The van der Waals surface area contributed by atoms with Crippen LogP contribution >= 0.6 is 0 Å². The maximum absolute atomic E-state index is 13.2. The zero-order valence-corrected chi connectivity index (χ0v) is 9.65. The molecule has 0 aromatic heterocycles. The zero-order chi connectivity index (χ0) is 12.7. The highest BCUT2D eigenvalue weighted by molar-refractivity contribution is 5.89. The van der Waals surface area contributed by atoms with Crippen LogP contribution < -0.4 is 5.32 Å². The second-order valence-corrected chi connectivity index (χ2v) is 3.54. The minimum Gasteiger partial charge on any atom is -0.459 e. The maximum atomic E-state index is 13.2. The topological polar surface area (TPSA) is 58.6 Å². The summed E-state index contributed by atoms with van der Waals surface area (Å²) in [6.07, 6.45) is -0.786. The maximum Gasteiger partial charge on any atom is 0.341 e. The third kappa shape index (κ3) is 4.50. The van der Waals surface area contributed by atoms with E-state index >= 15 is 0 Å². The van der Waals surface area contributed by atoms with Crippen molar-refractivity contribution in [3.05, 3.63) is 35.6 Å². The van der Waals surface area contributed by atoms with Crippen molar-refractivity contribution in [2.75, 3.05) is 19.7 Å². The Hall–Kier alpha value is -1.46. The number of aliphatic hydroxyl groups is 1. The number of halogens is 1. The number of carbonyl (C=O) groups excluding carboxylic acids is 1. The summed E-state index contributed by atoms with van der Waals surface area (Å²) >= 11 is 0. The summed E-state index contributed by atoms with van der Waals surface area (Å²) in [5.74, 6) is -1.39. The highest BCUT2D eigenvalue weighted by atomic mass is 19.1. The van der Waals surface area contributed by atoms with Crippen LogP contribution in [0.2, 0.25) is 0 Å². The number of likely N-dealkylation sites (N-methyl/N-ethyl adjacent to an activating group) is 1. The highest BCUT2D eigenvalue weighted by Crippen LogP contribution is 2.07. The first-order valence-corrected chi connectivity index (χ1v) is 5.45. The minimum atomic E-state index is -0.786. The summed E-state index contributed by atoms with van der Waals surface area (Å²) < 4.78 is 18.0. The van der Waals surface area contributed by atoms with Gasteiger partial charge in [0.15, 0.2) is 0 Å². The van der Waals surface area contributed by atoms with E-state index in [-0.39, 0.29) is 12.2 Å². The van der Waals surface area contributed by atoms with E-state index in [1.807, 2.05) is 6.92 Å². The fourth-order valence-corrected chi connectivity index (χ4v) is 1.25. The van der Waals surface area contributed by atoms with Crippen LogP contribution in [-0.4, -0.2) is 36.9 Å².